The number of anilines is 1. The van der Waals surface area contributed by atoms with Crippen LogP contribution in [0.4, 0.5) is 5.69 Å². The Morgan fingerprint density at radius 3 is 2.37 bits per heavy atom. The van der Waals surface area contributed by atoms with Gasteiger partial charge in [-0.05, 0) is 30.5 Å². The lowest BCUT2D eigenvalue weighted by Crippen LogP contribution is -2.52. The molecule has 1 saturated heterocycles. The van der Waals surface area contributed by atoms with Crippen LogP contribution in [0.5, 0.6) is 0 Å². The summed E-state index contributed by atoms with van der Waals surface area (Å²) >= 11 is 0. The summed E-state index contributed by atoms with van der Waals surface area (Å²) in [6.07, 6.45) is 0. The maximum absolute atomic E-state index is 5.50. The van der Waals surface area contributed by atoms with E-state index in [9.17, 15) is 0 Å². The molecule has 0 radical (unpaired) electrons. The summed E-state index contributed by atoms with van der Waals surface area (Å²) in [6, 6.07) is 9.05. The Bertz CT molecular complexity index is 564. The van der Waals surface area contributed by atoms with Crippen LogP contribution in [0.15, 0.2) is 29.3 Å². The highest BCUT2D eigenvalue weighted by atomic mass is 16.5. The Balaban J connectivity index is 1.95. The molecule has 27 heavy (non-hydrogen) atoms. The third-order valence-corrected chi connectivity index (χ3v) is 4.98. The number of aliphatic imine (C=N–C) groups is 1. The Morgan fingerprint density at radius 1 is 1.15 bits per heavy atom. The minimum Gasteiger partial charge on any atom is -0.379 e. The average molecular weight is 376 g/mol. The minimum absolute atomic E-state index is 0.483. The zero-order valence-electron chi connectivity index (χ0n) is 17.7. The first-order valence-electron chi connectivity index (χ1n) is 10.1. The van der Waals surface area contributed by atoms with Gasteiger partial charge in [0.1, 0.15) is 0 Å². The first-order valence-corrected chi connectivity index (χ1v) is 10.1. The number of hydrogen-bond donors (Lipinski definition) is 2. The first kappa shape index (κ1) is 21.5. The second-order valence-corrected chi connectivity index (χ2v) is 7.60. The monoisotopic (exact) mass is 375 g/mol. The van der Waals surface area contributed by atoms with E-state index >= 15 is 0 Å². The van der Waals surface area contributed by atoms with Crippen LogP contribution in [0, 0.1) is 5.92 Å². The van der Waals surface area contributed by atoms with E-state index in [1.54, 1.807) is 0 Å². The maximum atomic E-state index is 5.50. The van der Waals surface area contributed by atoms with Crippen molar-refractivity contribution in [3.63, 3.8) is 0 Å². The Labute approximate surface area is 165 Å². The molecular formula is C21H37N5O. The van der Waals surface area contributed by atoms with E-state index in [0.29, 0.717) is 18.5 Å². The number of nitrogens with one attached hydrogen (secondary N) is 2. The van der Waals surface area contributed by atoms with Gasteiger partial charge in [0, 0.05) is 52.0 Å². The van der Waals surface area contributed by atoms with Crippen LogP contribution in [-0.2, 0) is 11.3 Å². The number of hydrogen-bond acceptors (Lipinski definition) is 4. The van der Waals surface area contributed by atoms with Gasteiger partial charge in [-0.1, -0.05) is 26.0 Å². The molecule has 1 atom stereocenters. The van der Waals surface area contributed by atoms with Crippen LogP contribution in [0.1, 0.15) is 26.3 Å². The van der Waals surface area contributed by atoms with Gasteiger partial charge in [0.05, 0.1) is 19.8 Å². The van der Waals surface area contributed by atoms with Gasteiger partial charge in [-0.15, -0.1) is 0 Å². The van der Waals surface area contributed by atoms with Crippen LogP contribution in [0.25, 0.3) is 0 Å². The molecular weight excluding hydrogens is 338 g/mol. The molecule has 0 spiro atoms. The molecule has 6 nitrogen and oxygen atoms in total. The number of guanidine groups is 1. The predicted octanol–water partition coefficient (Wildman–Crippen LogP) is 2.16. The van der Waals surface area contributed by atoms with Gasteiger partial charge in [-0.25, -0.2) is 4.99 Å². The van der Waals surface area contributed by atoms with Crippen molar-refractivity contribution >= 4 is 11.6 Å². The van der Waals surface area contributed by atoms with Crippen molar-refractivity contribution < 1.29 is 4.74 Å². The van der Waals surface area contributed by atoms with E-state index in [1.165, 1.54) is 11.3 Å². The van der Waals surface area contributed by atoms with Crippen LogP contribution in [-0.4, -0.2) is 70.4 Å². The van der Waals surface area contributed by atoms with Gasteiger partial charge >= 0.3 is 0 Å². The second kappa shape index (κ2) is 11.1. The topological polar surface area (TPSA) is 52.1 Å². The highest BCUT2D eigenvalue weighted by Crippen LogP contribution is 2.13. The number of rotatable bonds is 8. The quantitative estimate of drug-likeness (QED) is 0.539. The van der Waals surface area contributed by atoms with E-state index in [2.05, 4.69) is 79.6 Å². The van der Waals surface area contributed by atoms with E-state index in [0.717, 1.165) is 45.4 Å². The van der Waals surface area contributed by atoms with Crippen LogP contribution >= 0.6 is 0 Å². The Hall–Kier alpha value is -1.79. The predicted molar refractivity (Wildman–Crippen MR) is 115 cm³/mol. The molecule has 1 aliphatic rings. The van der Waals surface area contributed by atoms with Crippen molar-refractivity contribution in [3.8, 4) is 0 Å². The molecule has 0 bridgehead atoms. The lowest BCUT2D eigenvalue weighted by atomic mass is 10.0. The lowest BCUT2D eigenvalue weighted by Gasteiger charge is -2.37. The molecule has 0 amide bonds. The third-order valence-electron chi connectivity index (χ3n) is 4.98. The van der Waals surface area contributed by atoms with Gasteiger partial charge in [0.2, 0.25) is 0 Å². The molecule has 1 unspecified atom stereocenters. The molecule has 1 heterocycles. The van der Waals surface area contributed by atoms with Crippen molar-refractivity contribution in [3.05, 3.63) is 29.8 Å². The van der Waals surface area contributed by atoms with Crippen molar-refractivity contribution in [1.29, 1.82) is 0 Å². The molecule has 1 fully saturated rings. The zero-order chi connectivity index (χ0) is 19.6. The summed E-state index contributed by atoms with van der Waals surface area (Å²) in [5, 5.41) is 6.91. The third kappa shape index (κ3) is 7.03. The highest BCUT2D eigenvalue weighted by molar-refractivity contribution is 5.79. The molecule has 0 aromatic heterocycles. The number of ether oxygens (including phenoxy) is 1. The van der Waals surface area contributed by atoms with Crippen molar-refractivity contribution in [2.24, 2.45) is 10.9 Å². The standard InChI is InChI=1S/C21H37N5O/c1-6-22-21(23-15-18-7-9-19(10-8-18)25(4)5)24-16-20(17(2)3)26-11-13-27-14-12-26/h7-10,17,20H,6,11-16H2,1-5H3,(H2,22,23,24). The molecule has 1 aromatic rings. The summed E-state index contributed by atoms with van der Waals surface area (Å²) in [4.78, 5) is 9.41. The molecule has 152 valence electrons. The van der Waals surface area contributed by atoms with E-state index < -0.39 is 0 Å². The molecule has 2 N–H and O–H groups in total. The van der Waals surface area contributed by atoms with Crippen LogP contribution in [0.2, 0.25) is 0 Å². The number of nitrogens with zero attached hydrogens (tertiary/aromatic N) is 3. The number of morpholine rings is 1. The first-order chi connectivity index (χ1) is 13.0. The normalized spacial score (nSPS) is 17.0. The fourth-order valence-electron chi connectivity index (χ4n) is 3.31. The SMILES string of the molecule is CCNC(=NCc1ccc(N(C)C)cc1)NCC(C(C)C)N1CCOCC1. The highest BCUT2D eigenvalue weighted by Gasteiger charge is 2.23. The van der Waals surface area contributed by atoms with Crippen molar-refractivity contribution in [2.75, 3.05) is 58.4 Å². The van der Waals surface area contributed by atoms with Gasteiger partial charge in [-0.3, -0.25) is 4.90 Å². The molecule has 6 heteroatoms. The van der Waals surface area contributed by atoms with Crippen molar-refractivity contribution in [1.82, 2.24) is 15.5 Å². The molecule has 0 aliphatic carbocycles. The summed E-state index contributed by atoms with van der Waals surface area (Å²) in [7, 11) is 4.11. The van der Waals surface area contributed by atoms with Gasteiger partial charge in [0.15, 0.2) is 5.96 Å². The van der Waals surface area contributed by atoms with Crippen molar-refractivity contribution in [2.45, 2.75) is 33.4 Å². The summed E-state index contributed by atoms with van der Waals surface area (Å²) in [5.41, 5.74) is 2.42. The fraction of sp³-hybridized carbons (Fsp3) is 0.667. The Kier molecular flexibility index (Phi) is 8.88. The van der Waals surface area contributed by atoms with E-state index in [1.807, 2.05) is 0 Å². The maximum Gasteiger partial charge on any atom is 0.191 e. The summed E-state index contributed by atoms with van der Waals surface area (Å²) < 4.78 is 5.50. The minimum atomic E-state index is 0.483. The van der Waals surface area contributed by atoms with Gasteiger partial charge in [0.25, 0.3) is 0 Å². The van der Waals surface area contributed by atoms with Crippen LogP contribution in [0.3, 0.4) is 0 Å². The smallest absolute Gasteiger partial charge is 0.191 e. The lowest BCUT2D eigenvalue weighted by molar-refractivity contribution is 0.00752. The fourth-order valence-corrected chi connectivity index (χ4v) is 3.31. The summed E-state index contributed by atoms with van der Waals surface area (Å²) in [6.45, 7) is 12.8. The van der Waals surface area contributed by atoms with Gasteiger partial charge in [-0.2, -0.15) is 0 Å². The molecule has 1 aromatic carbocycles. The molecule has 1 aliphatic heterocycles. The average Bonchev–Trinajstić information content (AvgIpc) is 2.67. The molecule has 0 saturated carbocycles. The van der Waals surface area contributed by atoms with E-state index in [4.69, 9.17) is 9.73 Å². The second-order valence-electron chi connectivity index (χ2n) is 7.60. The Morgan fingerprint density at radius 2 is 1.81 bits per heavy atom. The van der Waals surface area contributed by atoms with Gasteiger partial charge < -0.3 is 20.3 Å². The number of benzene rings is 1. The molecule has 2 rings (SSSR count). The van der Waals surface area contributed by atoms with Crippen LogP contribution < -0.4 is 15.5 Å². The largest absolute Gasteiger partial charge is 0.379 e. The zero-order valence-corrected chi connectivity index (χ0v) is 17.7. The summed E-state index contributed by atoms with van der Waals surface area (Å²) in [5.74, 6) is 1.46. The van der Waals surface area contributed by atoms with E-state index in [-0.39, 0.29) is 0 Å².